The second-order valence-corrected chi connectivity index (χ2v) is 4.52. The van der Waals surface area contributed by atoms with E-state index in [1.807, 2.05) is 6.92 Å². The van der Waals surface area contributed by atoms with Gasteiger partial charge < -0.3 is 5.73 Å². The number of halogens is 2. The number of ketones is 1. The molecule has 1 aromatic carbocycles. The van der Waals surface area contributed by atoms with Crippen molar-refractivity contribution in [2.24, 2.45) is 11.7 Å². The van der Waals surface area contributed by atoms with Gasteiger partial charge in [-0.2, -0.15) is 0 Å². The van der Waals surface area contributed by atoms with E-state index in [-0.39, 0.29) is 11.7 Å². The van der Waals surface area contributed by atoms with Gasteiger partial charge >= 0.3 is 0 Å². The average Bonchev–Trinajstić information content (AvgIpc) is 2.29. The van der Waals surface area contributed by atoms with Gasteiger partial charge in [0.15, 0.2) is 5.78 Å². The summed E-state index contributed by atoms with van der Waals surface area (Å²) in [7, 11) is 0. The molecule has 0 amide bonds. The van der Waals surface area contributed by atoms with Crippen molar-refractivity contribution in [3.8, 4) is 0 Å². The predicted octanol–water partition coefficient (Wildman–Crippen LogP) is 3.55. The normalized spacial score (nSPS) is 12.5. The number of Topliss-reactive ketones (excluding diaryl/α,β-unsaturated/α-hetero) is 1. The molecule has 2 nitrogen and oxygen atoms in total. The van der Waals surface area contributed by atoms with Crippen LogP contribution < -0.4 is 5.73 Å². The molecule has 0 saturated carbocycles. The lowest BCUT2D eigenvalue weighted by Crippen LogP contribution is -2.17. The highest BCUT2D eigenvalue weighted by molar-refractivity contribution is 6.43. The summed E-state index contributed by atoms with van der Waals surface area (Å²) in [5.74, 6) is 0.215. The number of hydrogen-bond donors (Lipinski definition) is 1. The molecule has 0 aromatic heterocycles. The number of rotatable bonds is 5. The molecule has 0 aliphatic heterocycles. The van der Waals surface area contributed by atoms with Crippen molar-refractivity contribution in [2.45, 2.75) is 19.8 Å². The van der Waals surface area contributed by atoms with Gasteiger partial charge in [-0.15, -0.1) is 0 Å². The fourth-order valence-corrected chi connectivity index (χ4v) is 1.89. The minimum absolute atomic E-state index is 0.00444. The van der Waals surface area contributed by atoms with Crippen LogP contribution in [0.2, 0.25) is 10.0 Å². The molecule has 1 atom stereocenters. The average molecular weight is 260 g/mol. The topological polar surface area (TPSA) is 43.1 Å². The molecule has 2 N–H and O–H groups in total. The minimum atomic E-state index is 0.00444. The van der Waals surface area contributed by atoms with Gasteiger partial charge in [-0.1, -0.05) is 42.6 Å². The van der Waals surface area contributed by atoms with E-state index in [0.717, 1.165) is 6.42 Å². The number of carbonyl (C=O) groups excluding carboxylic acids is 1. The Morgan fingerprint density at radius 3 is 2.69 bits per heavy atom. The van der Waals surface area contributed by atoms with Crippen molar-refractivity contribution < 1.29 is 4.79 Å². The first-order valence-electron chi connectivity index (χ1n) is 5.27. The third kappa shape index (κ3) is 3.21. The summed E-state index contributed by atoms with van der Waals surface area (Å²) in [5.41, 5.74) is 6.05. The molecule has 1 unspecified atom stereocenters. The lowest BCUT2D eigenvalue weighted by molar-refractivity contribution is 0.0961. The van der Waals surface area contributed by atoms with Crippen molar-refractivity contribution >= 4 is 29.0 Å². The van der Waals surface area contributed by atoms with Crippen molar-refractivity contribution in [1.82, 2.24) is 0 Å². The molecule has 88 valence electrons. The summed E-state index contributed by atoms with van der Waals surface area (Å²) in [6.07, 6.45) is 1.31. The van der Waals surface area contributed by atoms with Crippen LogP contribution in [0.4, 0.5) is 0 Å². The van der Waals surface area contributed by atoms with Gasteiger partial charge in [-0.05, 0) is 24.6 Å². The summed E-state index contributed by atoms with van der Waals surface area (Å²) in [6.45, 7) is 2.53. The molecule has 0 aliphatic carbocycles. The van der Waals surface area contributed by atoms with Crippen LogP contribution >= 0.6 is 23.2 Å². The smallest absolute Gasteiger partial charge is 0.164 e. The first-order valence-corrected chi connectivity index (χ1v) is 6.03. The Hall–Kier alpha value is -0.570. The van der Waals surface area contributed by atoms with Crippen molar-refractivity contribution in [3.63, 3.8) is 0 Å². The highest BCUT2D eigenvalue weighted by Crippen LogP contribution is 2.27. The molecule has 1 rings (SSSR count). The maximum atomic E-state index is 11.9. The Labute approximate surface area is 106 Å². The standard InChI is InChI=1S/C12H15Cl2NO/c1-2-8(7-15)6-11(16)9-4-3-5-10(13)12(9)14/h3-5,8H,2,6-7,15H2,1H3. The van der Waals surface area contributed by atoms with Gasteiger partial charge in [0.25, 0.3) is 0 Å². The van der Waals surface area contributed by atoms with Gasteiger partial charge in [0, 0.05) is 12.0 Å². The molecule has 0 saturated heterocycles. The first kappa shape index (κ1) is 13.5. The van der Waals surface area contributed by atoms with E-state index in [4.69, 9.17) is 28.9 Å². The second-order valence-electron chi connectivity index (χ2n) is 3.74. The van der Waals surface area contributed by atoms with E-state index < -0.39 is 0 Å². The Morgan fingerprint density at radius 1 is 1.44 bits per heavy atom. The molecule has 0 bridgehead atoms. The molecule has 1 aromatic rings. The molecule has 0 aliphatic rings. The van der Waals surface area contributed by atoms with Gasteiger partial charge in [0.2, 0.25) is 0 Å². The van der Waals surface area contributed by atoms with E-state index in [0.29, 0.717) is 28.6 Å². The van der Waals surface area contributed by atoms with E-state index in [9.17, 15) is 4.79 Å². The van der Waals surface area contributed by atoms with E-state index in [2.05, 4.69) is 0 Å². The Balaban J connectivity index is 2.84. The lowest BCUT2D eigenvalue weighted by Gasteiger charge is -2.11. The summed E-state index contributed by atoms with van der Waals surface area (Å²) in [6, 6.07) is 5.09. The number of benzene rings is 1. The van der Waals surface area contributed by atoms with Crippen LogP contribution in [-0.4, -0.2) is 12.3 Å². The lowest BCUT2D eigenvalue weighted by atomic mass is 9.96. The van der Waals surface area contributed by atoms with Crippen LogP contribution in [0.1, 0.15) is 30.1 Å². The summed E-state index contributed by atoms with van der Waals surface area (Å²) >= 11 is 11.8. The SMILES string of the molecule is CCC(CN)CC(=O)c1cccc(Cl)c1Cl. The van der Waals surface area contributed by atoms with Crippen LogP contribution in [0.5, 0.6) is 0 Å². The van der Waals surface area contributed by atoms with Gasteiger partial charge in [0.05, 0.1) is 10.0 Å². The second kappa shape index (κ2) is 6.24. The van der Waals surface area contributed by atoms with Crippen LogP contribution in [-0.2, 0) is 0 Å². The molecule has 4 heteroatoms. The van der Waals surface area contributed by atoms with Gasteiger partial charge in [-0.3, -0.25) is 4.79 Å². The third-order valence-corrected chi connectivity index (χ3v) is 3.46. The summed E-state index contributed by atoms with van der Waals surface area (Å²) in [4.78, 5) is 11.9. The fourth-order valence-electron chi connectivity index (χ4n) is 1.49. The Bertz CT molecular complexity index is 375. The van der Waals surface area contributed by atoms with Crippen LogP contribution in [0, 0.1) is 5.92 Å². The zero-order chi connectivity index (χ0) is 12.1. The molecule has 0 radical (unpaired) electrons. The highest BCUT2D eigenvalue weighted by Gasteiger charge is 2.16. The first-order chi connectivity index (χ1) is 7.60. The maximum absolute atomic E-state index is 11.9. The zero-order valence-corrected chi connectivity index (χ0v) is 10.7. The molecule has 16 heavy (non-hydrogen) atoms. The van der Waals surface area contributed by atoms with Crippen molar-refractivity contribution in [1.29, 1.82) is 0 Å². The van der Waals surface area contributed by atoms with Gasteiger partial charge in [0.1, 0.15) is 0 Å². The maximum Gasteiger partial charge on any atom is 0.164 e. The number of hydrogen-bond acceptors (Lipinski definition) is 2. The highest BCUT2D eigenvalue weighted by atomic mass is 35.5. The quantitative estimate of drug-likeness (QED) is 0.822. The summed E-state index contributed by atoms with van der Waals surface area (Å²) < 4.78 is 0. The largest absolute Gasteiger partial charge is 0.330 e. The van der Waals surface area contributed by atoms with E-state index in [1.54, 1.807) is 18.2 Å². The fraction of sp³-hybridized carbons (Fsp3) is 0.417. The monoisotopic (exact) mass is 259 g/mol. The predicted molar refractivity (Wildman–Crippen MR) is 68.2 cm³/mol. The van der Waals surface area contributed by atoms with E-state index >= 15 is 0 Å². The van der Waals surface area contributed by atoms with Crippen molar-refractivity contribution in [3.05, 3.63) is 33.8 Å². The molecular formula is C12H15Cl2NO. The van der Waals surface area contributed by atoms with Crippen molar-refractivity contribution in [2.75, 3.05) is 6.54 Å². The van der Waals surface area contributed by atoms with Crippen LogP contribution in [0.15, 0.2) is 18.2 Å². The van der Waals surface area contributed by atoms with Crippen LogP contribution in [0.25, 0.3) is 0 Å². The Morgan fingerprint density at radius 2 is 2.12 bits per heavy atom. The number of carbonyl (C=O) groups is 1. The zero-order valence-electron chi connectivity index (χ0n) is 9.17. The van der Waals surface area contributed by atoms with E-state index in [1.165, 1.54) is 0 Å². The minimum Gasteiger partial charge on any atom is -0.330 e. The van der Waals surface area contributed by atoms with Gasteiger partial charge in [-0.25, -0.2) is 0 Å². The summed E-state index contributed by atoms with van der Waals surface area (Å²) in [5, 5.41) is 0.745. The van der Waals surface area contributed by atoms with Crippen LogP contribution in [0.3, 0.4) is 0 Å². The molecular weight excluding hydrogens is 245 g/mol. The third-order valence-electron chi connectivity index (χ3n) is 2.64. The molecule has 0 fully saturated rings. The number of nitrogens with two attached hydrogens (primary N) is 1. The molecule has 0 spiro atoms. The molecule has 0 heterocycles. The Kier molecular flexibility index (Phi) is 5.26.